The van der Waals surface area contributed by atoms with Gasteiger partial charge < -0.3 is 15.3 Å². The highest BCUT2D eigenvalue weighted by molar-refractivity contribution is 8.00. The molecule has 5 nitrogen and oxygen atoms in total. The van der Waals surface area contributed by atoms with Crippen molar-refractivity contribution in [2.75, 3.05) is 18.8 Å². The molecule has 0 aromatic rings. The molecule has 0 aromatic heterocycles. The molecule has 114 valence electrons. The number of carboxylic acids is 1. The molecule has 6 heteroatoms. The maximum Gasteiger partial charge on any atom is 0.317 e. The molecule has 2 N–H and O–H groups in total. The zero-order valence-electron chi connectivity index (χ0n) is 12.2. The Labute approximate surface area is 124 Å². The van der Waals surface area contributed by atoms with Gasteiger partial charge in [0.1, 0.15) is 0 Å². The number of carboxylic acid groups (broad SMARTS) is 1. The van der Waals surface area contributed by atoms with E-state index in [1.807, 2.05) is 18.7 Å². The molecular formula is C14H24N2O3S. The Hall–Kier alpha value is -0.910. The third-order valence-electron chi connectivity index (χ3n) is 4.40. The average Bonchev–Trinajstić information content (AvgIpc) is 2.83. The Morgan fingerprint density at radius 2 is 2.25 bits per heavy atom. The zero-order chi connectivity index (χ0) is 14.8. The van der Waals surface area contributed by atoms with Gasteiger partial charge in [0.15, 0.2) is 0 Å². The van der Waals surface area contributed by atoms with Crippen LogP contribution < -0.4 is 5.32 Å². The number of carbonyl (C=O) groups is 2. The van der Waals surface area contributed by atoms with Crippen LogP contribution in [0.5, 0.6) is 0 Å². The van der Waals surface area contributed by atoms with Gasteiger partial charge in [-0.15, -0.1) is 0 Å². The Bertz CT molecular complexity index is 383. The van der Waals surface area contributed by atoms with Crippen LogP contribution in [0, 0.1) is 5.92 Å². The van der Waals surface area contributed by atoms with Gasteiger partial charge in [0.05, 0.1) is 5.92 Å². The van der Waals surface area contributed by atoms with Crippen LogP contribution in [0.15, 0.2) is 0 Å². The van der Waals surface area contributed by atoms with E-state index in [-0.39, 0.29) is 22.7 Å². The van der Waals surface area contributed by atoms with E-state index in [1.165, 1.54) is 12.2 Å². The lowest BCUT2D eigenvalue weighted by Gasteiger charge is -2.37. The Morgan fingerprint density at radius 3 is 2.80 bits per heavy atom. The summed E-state index contributed by atoms with van der Waals surface area (Å²) in [6.45, 7) is 5.36. The van der Waals surface area contributed by atoms with Crippen molar-refractivity contribution in [2.24, 2.45) is 5.92 Å². The number of aliphatic carboxylic acids is 1. The standard InChI is InChI=1S/C14H24N2O3S/c1-10-8-11(12(17)18)4-6-16(10)13(19)15-9-14(2)5-3-7-20-14/h10-11H,3-9H2,1-2H3,(H,15,19)(H,17,18). The minimum absolute atomic E-state index is 0.00566. The van der Waals surface area contributed by atoms with Gasteiger partial charge in [-0.2, -0.15) is 11.8 Å². The molecular weight excluding hydrogens is 276 g/mol. The first kappa shape index (κ1) is 15.5. The van der Waals surface area contributed by atoms with Crippen LogP contribution in [-0.2, 0) is 4.79 Å². The summed E-state index contributed by atoms with van der Waals surface area (Å²) < 4.78 is 0.165. The molecule has 2 saturated heterocycles. The summed E-state index contributed by atoms with van der Waals surface area (Å²) >= 11 is 1.93. The highest BCUT2D eigenvalue weighted by Crippen LogP contribution is 2.37. The molecule has 0 saturated carbocycles. The third kappa shape index (κ3) is 3.59. The van der Waals surface area contributed by atoms with Crippen LogP contribution >= 0.6 is 11.8 Å². The van der Waals surface area contributed by atoms with Gasteiger partial charge >= 0.3 is 12.0 Å². The minimum atomic E-state index is -0.744. The second-order valence-electron chi connectivity index (χ2n) is 6.16. The van der Waals surface area contributed by atoms with E-state index in [9.17, 15) is 9.59 Å². The highest BCUT2D eigenvalue weighted by atomic mass is 32.2. The minimum Gasteiger partial charge on any atom is -0.481 e. The second kappa shape index (κ2) is 6.24. The topological polar surface area (TPSA) is 69.6 Å². The molecule has 0 bridgehead atoms. The number of nitrogens with zero attached hydrogens (tertiary/aromatic N) is 1. The van der Waals surface area contributed by atoms with Gasteiger partial charge in [0, 0.05) is 23.9 Å². The fraction of sp³-hybridized carbons (Fsp3) is 0.857. The molecule has 0 aliphatic carbocycles. The molecule has 20 heavy (non-hydrogen) atoms. The number of nitrogens with one attached hydrogen (secondary N) is 1. The molecule has 3 unspecified atom stereocenters. The van der Waals surface area contributed by atoms with Crippen LogP contribution in [-0.4, -0.2) is 51.6 Å². The number of thioether (sulfide) groups is 1. The summed E-state index contributed by atoms with van der Waals surface area (Å²) in [5.74, 6) is 0.121. The number of hydrogen-bond acceptors (Lipinski definition) is 3. The quantitative estimate of drug-likeness (QED) is 0.838. The molecule has 2 heterocycles. The highest BCUT2D eigenvalue weighted by Gasteiger charge is 2.34. The van der Waals surface area contributed by atoms with Gasteiger partial charge in [-0.3, -0.25) is 4.79 Å². The molecule has 2 rings (SSSR count). The number of urea groups is 1. The van der Waals surface area contributed by atoms with Crippen molar-refractivity contribution in [2.45, 2.75) is 50.3 Å². The van der Waals surface area contributed by atoms with Crippen molar-refractivity contribution >= 4 is 23.8 Å². The number of amides is 2. The van der Waals surface area contributed by atoms with E-state index in [4.69, 9.17) is 5.11 Å². The number of hydrogen-bond donors (Lipinski definition) is 2. The van der Waals surface area contributed by atoms with Crippen molar-refractivity contribution in [1.29, 1.82) is 0 Å². The molecule has 0 spiro atoms. The number of likely N-dealkylation sites (tertiary alicyclic amines) is 1. The fourth-order valence-electron chi connectivity index (χ4n) is 3.04. The van der Waals surface area contributed by atoms with Gasteiger partial charge in [-0.25, -0.2) is 4.79 Å². The zero-order valence-corrected chi connectivity index (χ0v) is 13.0. The number of carbonyl (C=O) groups excluding carboxylic acids is 1. The monoisotopic (exact) mass is 300 g/mol. The summed E-state index contributed by atoms with van der Waals surface area (Å²) in [5.41, 5.74) is 0. The lowest BCUT2D eigenvalue weighted by molar-refractivity contribution is -0.143. The summed E-state index contributed by atoms with van der Waals surface area (Å²) in [5, 5.41) is 12.1. The Morgan fingerprint density at radius 1 is 1.50 bits per heavy atom. The molecule has 2 aliphatic heterocycles. The van der Waals surface area contributed by atoms with Gasteiger partial charge in [-0.1, -0.05) is 0 Å². The molecule has 2 amide bonds. The van der Waals surface area contributed by atoms with E-state index in [0.29, 0.717) is 25.9 Å². The summed E-state index contributed by atoms with van der Waals surface area (Å²) in [4.78, 5) is 25.0. The van der Waals surface area contributed by atoms with Crippen molar-refractivity contribution in [3.8, 4) is 0 Å². The maximum atomic E-state index is 12.2. The van der Waals surface area contributed by atoms with Crippen LogP contribution in [0.2, 0.25) is 0 Å². The van der Waals surface area contributed by atoms with E-state index in [1.54, 1.807) is 4.90 Å². The van der Waals surface area contributed by atoms with Crippen molar-refractivity contribution in [3.63, 3.8) is 0 Å². The summed E-state index contributed by atoms with van der Waals surface area (Å²) in [7, 11) is 0. The van der Waals surface area contributed by atoms with Crippen molar-refractivity contribution in [1.82, 2.24) is 10.2 Å². The number of piperidine rings is 1. The van der Waals surface area contributed by atoms with Crippen molar-refractivity contribution < 1.29 is 14.7 Å². The third-order valence-corrected chi connectivity index (χ3v) is 5.94. The largest absolute Gasteiger partial charge is 0.481 e. The fourth-order valence-corrected chi connectivity index (χ4v) is 4.28. The van der Waals surface area contributed by atoms with E-state index in [0.717, 1.165) is 6.42 Å². The van der Waals surface area contributed by atoms with Gasteiger partial charge in [-0.05, 0) is 45.3 Å². The lowest BCUT2D eigenvalue weighted by atomic mass is 9.92. The molecule has 0 radical (unpaired) electrons. The van der Waals surface area contributed by atoms with E-state index in [2.05, 4.69) is 12.2 Å². The SMILES string of the molecule is CC1CC(C(=O)O)CCN1C(=O)NCC1(C)CCCS1. The predicted octanol–water partition coefficient (Wildman–Crippen LogP) is 2.17. The molecule has 2 aliphatic rings. The lowest BCUT2D eigenvalue weighted by Crippen LogP contribution is -2.52. The first-order valence-corrected chi connectivity index (χ1v) is 8.31. The maximum absolute atomic E-state index is 12.2. The molecule has 0 aromatic carbocycles. The Balaban J connectivity index is 1.82. The Kier molecular flexibility index (Phi) is 4.83. The molecule has 3 atom stereocenters. The van der Waals surface area contributed by atoms with Crippen molar-refractivity contribution in [3.05, 3.63) is 0 Å². The summed E-state index contributed by atoms with van der Waals surface area (Å²) in [6.07, 6.45) is 3.47. The second-order valence-corrected chi connectivity index (χ2v) is 7.85. The van der Waals surface area contributed by atoms with Crippen LogP contribution in [0.1, 0.15) is 39.5 Å². The van der Waals surface area contributed by atoms with Gasteiger partial charge in [0.2, 0.25) is 0 Å². The van der Waals surface area contributed by atoms with Crippen LogP contribution in [0.4, 0.5) is 4.79 Å². The normalized spacial score (nSPS) is 34.0. The predicted molar refractivity (Wildman–Crippen MR) is 80.0 cm³/mol. The first-order chi connectivity index (χ1) is 9.41. The summed E-state index contributed by atoms with van der Waals surface area (Å²) in [6, 6.07) is -0.0519. The number of rotatable bonds is 3. The van der Waals surface area contributed by atoms with Gasteiger partial charge in [0.25, 0.3) is 0 Å². The van der Waals surface area contributed by atoms with Crippen LogP contribution in [0.3, 0.4) is 0 Å². The van der Waals surface area contributed by atoms with Crippen LogP contribution in [0.25, 0.3) is 0 Å². The van der Waals surface area contributed by atoms with E-state index >= 15 is 0 Å². The van der Waals surface area contributed by atoms with E-state index < -0.39 is 5.97 Å². The molecule has 2 fully saturated rings. The average molecular weight is 300 g/mol. The smallest absolute Gasteiger partial charge is 0.317 e. The first-order valence-electron chi connectivity index (χ1n) is 7.32.